The van der Waals surface area contributed by atoms with Crippen molar-refractivity contribution in [1.29, 1.82) is 0 Å². The molecule has 1 heterocycles. The van der Waals surface area contributed by atoms with Crippen molar-refractivity contribution in [2.24, 2.45) is 5.41 Å². The Bertz CT molecular complexity index is 636. The summed E-state index contributed by atoms with van der Waals surface area (Å²) in [6.07, 6.45) is 1.09. The largest absolute Gasteiger partial charge is 0.444 e. The van der Waals surface area contributed by atoms with Gasteiger partial charge in [-0.1, -0.05) is 30.3 Å². The average molecular weight is 392 g/mol. The van der Waals surface area contributed by atoms with Crippen LogP contribution in [0.15, 0.2) is 30.3 Å². The number of hydrogen-bond donors (Lipinski definition) is 3. The minimum absolute atomic E-state index is 0.0144. The Balaban J connectivity index is 2.03. The number of hydrogen-bond acceptors (Lipinski definition) is 5. The molecule has 1 aliphatic rings. The minimum Gasteiger partial charge on any atom is -0.444 e. The molecule has 2 rings (SSSR count). The molecule has 2 amide bonds. The second-order valence-corrected chi connectivity index (χ2v) is 8.38. The SMILES string of the molecule is CC(C)(C)OC(=O)NC(Cc1ccccc1)C(=O)NCC1(CO)CCOCC1. The third kappa shape index (κ3) is 7.13. The number of alkyl carbamates (subject to hydrolysis) is 1. The van der Waals surface area contributed by atoms with Crippen LogP contribution in [0.5, 0.6) is 0 Å². The highest BCUT2D eigenvalue weighted by atomic mass is 16.6. The van der Waals surface area contributed by atoms with Crippen LogP contribution in [0.3, 0.4) is 0 Å². The van der Waals surface area contributed by atoms with Crippen molar-refractivity contribution in [2.45, 2.75) is 51.7 Å². The lowest BCUT2D eigenvalue weighted by Crippen LogP contribution is -2.52. The normalized spacial score (nSPS) is 17.4. The monoisotopic (exact) mass is 392 g/mol. The van der Waals surface area contributed by atoms with Crippen molar-refractivity contribution >= 4 is 12.0 Å². The van der Waals surface area contributed by atoms with Gasteiger partial charge in [0.15, 0.2) is 0 Å². The minimum atomic E-state index is -0.771. The van der Waals surface area contributed by atoms with Crippen molar-refractivity contribution < 1.29 is 24.2 Å². The molecule has 1 aromatic carbocycles. The first kappa shape index (κ1) is 22.2. The average Bonchev–Trinajstić information content (AvgIpc) is 2.65. The zero-order valence-electron chi connectivity index (χ0n) is 17.0. The molecule has 0 bridgehead atoms. The predicted molar refractivity (Wildman–Crippen MR) is 106 cm³/mol. The molecule has 3 N–H and O–H groups in total. The molecule has 156 valence electrons. The summed E-state index contributed by atoms with van der Waals surface area (Å²) in [6, 6.07) is 8.72. The maximum Gasteiger partial charge on any atom is 0.408 e. The van der Waals surface area contributed by atoms with E-state index in [1.807, 2.05) is 30.3 Å². The van der Waals surface area contributed by atoms with Gasteiger partial charge in [0.25, 0.3) is 0 Å². The molecular formula is C21H32N2O5. The van der Waals surface area contributed by atoms with Gasteiger partial charge in [-0.3, -0.25) is 4.79 Å². The summed E-state index contributed by atoms with van der Waals surface area (Å²) in [5.74, 6) is -0.297. The summed E-state index contributed by atoms with van der Waals surface area (Å²) >= 11 is 0. The Labute approximate surface area is 166 Å². The Hall–Kier alpha value is -2.12. The maximum atomic E-state index is 12.9. The van der Waals surface area contributed by atoms with Gasteiger partial charge < -0.3 is 25.2 Å². The van der Waals surface area contributed by atoms with Gasteiger partial charge in [-0.25, -0.2) is 4.79 Å². The zero-order chi connectivity index (χ0) is 20.6. The van der Waals surface area contributed by atoms with E-state index >= 15 is 0 Å². The second kappa shape index (κ2) is 9.89. The Kier molecular flexibility index (Phi) is 7.83. The molecule has 0 saturated carbocycles. The fraction of sp³-hybridized carbons (Fsp3) is 0.619. The van der Waals surface area contributed by atoms with Crippen LogP contribution >= 0.6 is 0 Å². The van der Waals surface area contributed by atoms with E-state index in [4.69, 9.17) is 9.47 Å². The van der Waals surface area contributed by atoms with E-state index in [1.165, 1.54) is 0 Å². The van der Waals surface area contributed by atoms with Crippen molar-refractivity contribution in [3.8, 4) is 0 Å². The second-order valence-electron chi connectivity index (χ2n) is 8.38. The van der Waals surface area contributed by atoms with E-state index in [-0.39, 0.29) is 17.9 Å². The number of benzene rings is 1. The van der Waals surface area contributed by atoms with Crippen LogP contribution in [-0.4, -0.2) is 55.1 Å². The highest BCUT2D eigenvalue weighted by Crippen LogP contribution is 2.29. The Morgan fingerprint density at radius 1 is 1.21 bits per heavy atom. The first-order valence-corrected chi connectivity index (χ1v) is 9.73. The molecule has 1 aliphatic heterocycles. The van der Waals surface area contributed by atoms with Gasteiger partial charge in [-0.05, 0) is 39.2 Å². The molecule has 0 spiro atoms. The number of nitrogens with one attached hydrogen (secondary N) is 2. The summed E-state index contributed by atoms with van der Waals surface area (Å²) in [5, 5.41) is 15.4. The number of aliphatic hydroxyl groups is 1. The number of ether oxygens (including phenoxy) is 2. The van der Waals surface area contributed by atoms with E-state index in [9.17, 15) is 14.7 Å². The molecule has 7 nitrogen and oxygen atoms in total. The van der Waals surface area contributed by atoms with E-state index in [1.54, 1.807) is 20.8 Å². The number of rotatable bonds is 7. The fourth-order valence-corrected chi connectivity index (χ4v) is 3.10. The summed E-state index contributed by atoms with van der Waals surface area (Å²) in [4.78, 5) is 25.1. The summed E-state index contributed by atoms with van der Waals surface area (Å²) in [7, 11) is 0. The predicted octanol–water partition coefficient (Wildman–Crippen LogP) is 2.03. The quantitative estimate of drug-likeness (QED) is 0.660. The molecular weight excluding hydrogens is 360 g/mol. The summed E-state index contributed by atoms with van der Waals surface area (Å²) in [6.45, 7) is 6.78. The van der Waals surface area contributed by atoms with Crippen LogP contribution in [0.25, 0.3) is 0 Å². The number of carbonyl (C=O) groups is 2. The van der Waals surface area contributed by atoms with Gasteiger partial charge in [0, 0.05) is 31.6 Å². The van der Waals surface area contributed by atoms with Gasteiger partial charge in [-0.15, -0.1) is 0 Å². The standard InChI is InChI=1S/C21H32N2O5/c1-20(2,3)28-19(26)23-17(13-16-7-5-4-6-8-16)18(25)22-14-21(15-24)9-11-27-12-10-21/h4-8,17,24H,9-15H2,1-3H3,(H,22,25)(H,23,26). The maximum absolute atomic E-state index is 12.9. The van der Waals surface area contributed by atoms with Crippen molar-refractivity contribution in [3.05, 3.63) is 35.9 Å². The molecule has 1 unspecified atom stereocenters. The fourth-order valence-electron chi connectivity index (χ4n) is 3.10. The number of aliphatic hydroxyl groups excluding tert-OH is 1. The molecule has 1 fully saturated rings. The van der Waals surface area contributed by atoms with Crippen LogP contribution in [-0.2, 0) is 20.7 Å². The van der Waals surface area contributed by atoms with Crippen molar-refractivity contribution in [1.82, 2.24) is 10.6 Å². The lowest BCUT2D eigenvalue weighted by molar-refractivity contribution is -0.124. The topological polar surface area (TPSA) is 96.9 Å². The molecule has 1 saturated heterocycles. The lowest BCUT2D eigenvalue weighted by atomic mass is 9.81. The Morgan fingerprint density at radius 3 is 2.43 bits per heavy atom. The van der Waals surface area contributed by atoms with E-state index in [2.05, 4.69) is 10.6 Å². The van der Waals surface area contributed by atoms with Gasteiger partial charge in [0.2, 0.25) is 5.91 Å². The van der Waals surface area contributed by atoms with Crippen LogP contribution in [0.4, 0.5) is 4.79 Å². The molecule has 1 aromatic rings. The molecule has 7 heteroatoms. The molecule has 0 aliphatic carbocycles. The number of carbonyl (C=O) groups excluding carboxylic acids is 2. The molecule has 28 heavy (non-hydrogen) atoms. The highest BCUT2D eigenvalue weighted by molar-refractivity contribution is 5.86. The van der Waals surface area contributed by atoms with E-state index in [0.717, 1.165) is 5.56 Å². The van der Waals surface area contributed by atoms with Crippen molar-refractivity contribution in [2.75, 3.05) is 26.4 Å². The summed E-state index contributed by atoms with van der Waals surface area (Å²) < 4.78 is 10.7. The number of amides is 2. The molecule has 0 radical (unpaired) electrons. The van der Waals surface area contributed by atoms with Gasteiger partial charge in [0.1, 0.15) is 11.6 Å². The van der Waals surface area contributed by atoms with Crippen molar-refractivity contribution in [3.63, 3.8) is 0 Å². The zero-order valence-corrected chi connectivity index (χ0v) is 17.0. The Morgan fingerprint density at radius 2 is 1.86 bits per heavy atom. The lowest BCUT2D eigenvalue weighted by Gasteiger charge is -2.36. The summed E-state index contributed by atoms with van der Waals surface area (Å²) in [5.41, 5.74) is -0.0977. The van der Waals surface area contributed by atoms with Crippen LogP contribution in [0.1, 0.15) is 39.2 Å². The van der Waals surface area contributed by atoms with Crippen LogP contribution in [0, 0.1) is 5.41 Å². The third-order valence-electron chi connectivity index (χ3n) is 4.82. The first-order chi connectivity index (χ1) is 13.2. The highest BCUT2D eigenvalue weighted by Gasteiger charge is 2.33. The third-order valence-corrected chi connectivity index (χ3v) is 4.82. The molecule has 0 aromatic heterocycles. The van der Waals surface area contributed by atoms with Gasteiger partial charge in [0.05, 0.1) is 6.61 Å². The van der Waals surface area contributed by atoms with E-state index in [0.29, 0.717) is 39.0 Å². The molecule has 1 atom stereocenters. The first-order valence-electron chi connectivity index (χ1n) is 9.73. The smallest absolute Gasteiger partial charge is 0.408 e. The van der Waals surface area contributed by atoms with Gasteiger partial charge in [-0.2, -0.15) is 0 Å². The van der Waals surface area contributed by atoms with E-state index < -0.39 is 17.7 Å². The van der Waals surface area contributed by atoms with Crippen LogP contribution in [0.2, 0.25) is 0 Å². The van der Waals surface area contributed by atoms with Crippen LogP contribution < -0.4 is 10.6 Å². The van der Waals surface area contributed by atoms with Gasteiger partial charge >= 0.3 is 6.09 Å².